The zero-order chi connectivity index (χ0) is 19.6. The highest BCUT2D eigenvalue weighted by Gasteiger charge is 2.36. The lowest BCUT2D eigenvalue weighted by atomic mass is 10.1. The van der Waals surface area contributed by atoms with Crippen LogP contribution in [0.2, 0.25) is 0 Å². The summed E-state index contributed by atoms with van der Waals surface area (Å²) in [5.74, 6) is -2.44. The molecular formula is C19H15IN2O5. The van der Waals surface area contributed by atoms with E-state index in [4.69, 9.17) is 4.74 Å². The second-order valence-electron chi connectivity index (χ2n) is 5.91. The topological polar surface area (TPSA) is 92.8 Å². The van der Waals surface area contributed by atoms with E-state index in [-0.39, 0.29) is 11.1 Å². The average molecular weight is 478 g/mol. The van der Waals surface area contributed by atoms with E-state index in [1.165, 1.54) is 12.1 Å². The minimum Gasteiger partial charge on any atom is -0.454 e. The maximum Gasteiger partial charge on any atom is 0.326 e. The molecule has 3 amide bonds. The number of nitrogens with one attached hydrogen (secondary N) is 1. The molecule has 8 heteroatoms. The van der Waals surface area contributed by atoms with Crippen molar-refractivity contribution in [3.05, 3.63) is 62.7 Å². The summed E-state index contributed by atoms with van der Waals surface area (Å²) in [5, 5.41) is 2.65. The molecule has 0 aromatic heterocycles. The fourth-order valence-corrected chi connectivity index (χ4v) is 3.30. The van der Waals surface area contributed by atoms with Gasteiger partial charge in [0.1, 0.15) is 6.54 Å². The van der Waals surface area contributed by atoms with E-state index in [1.54, 1.807) is 18.2 Å². The first-order valence-corrected chi connectivity index (χ1v) is 9.11. The SMILES string of the molecule is Cc1cc(I)ccc1NC(=O)COC(=O)CN1C(=O)c2ccccc2C1=O. The Hall–Kier alpha value is -2.75. The highest BCUT2D eigenvalue weighted by atomic mass is 127. The number of anilines is 1. The van der Waals surface area contributed by atoms with Crippen molar-refractivity contribution in [2.75, 3.05) is 18.5 Å². The second kappa shape index (κ2) is 7.87. The number of fused-ring (bicyclic) bond motifs is 1. The Morgan fingerprint density at radius 3 is 2.30 bits per heavy atom. The molecule has 0 radical (unpaired) electrons. The van der Waals surface area contributed by atoms with Crippen molar-refractivity contribution in [2.24, 2.45) is 0 Å². The lowest BCUT2D eigenvalue weighted by Gasteiger charge is -2.13. The molecular weight excluding hydrogens is 463 g/mol. The van der Waals surface area contributed by atoms with Gasteiger partial charge in [-0.2, -0.15) is 0 Å². The van der Waals surface area contributed by atoms with Gasteiger partial charge in [-0.3, -0.25) is 24.1 Å². The number of hydrogen-bond donors (Lipinski definition) is 1. The summed E-state index contributed by atoms with van der Waals surface area (Å²) in [6.07, 6.45) is 0. The number of carbonyl (C=O) groups excluding carboxylic acids is 4. The minimum atomic E-state index is -0.834. The number of amides is 3. The van der Waals surface area contributed by atoms with Crippen LogP contribution in [0, 0.1) is 10.5 Å². The van der Waals surface area contributed by atoms with Crippen LogP contribution >= 0.6 is 22.6 Å². The molecule has 0 saturated carbocycles. The molecule has 0 spiro atoms. The van der Waals surface area contributed by atoms with Gasteiger partial charge >= 0.3 is 5.97 Å². The first-order chi connectivity index (χ1) is 12.9. The Balaban J connectivity index is 1.54. The molecule has 138 valence electrons. The minimum absolute atomic E-state index is 0.252. The number of halogens is 1. The van der Waals surface area contributed by atoms with E-state index in [2.05, 4.69) is 27.9 Å². The Kier molecular flexibility index (Phi) is 5.54. The number of rotatable bonds is 5. The molecule has 27 heavy (non-hydrogen) atoms. The standard InChI is InChI=1S/C19H15IN2O5/c1-11-8-12(20)6-7-15(11)21-16(23)10-27-17(24)9-22-18(25)13-4-2-3-5-14(13)19(22)26/h2-8H,9-10H2,1H3,(H,21,23). The van der Waals surface area contributed by atoms with Crippen molar-refractivity contribution in [1.82, 2.24) is 4.90 Å². The van der Waals surface area contributed by atoms with Crippen molar-refractivity contribution in [2.45, 2.75) is 6.92 Å². The molecule has 0 fully saturated rings. The Morgan fingerprint density at radius 2 is 1.70 bits per heavy atom. The molecule has 0 bridgehead atoms. The quantitative estimate of drug-likeness (QED) is 0.405. The van der Waals surface area contributed by atoms with Crippen LogP contribution in [0.5, 0.6) is 0 Å². The predicted molar refractivity (Wildman–Crippen MR) is 105 cm³/mol. The van der Waals surface area contributed by atoms with Crippen molar-refractivity contribution < 1.29 is 23.9 Å². The maximum atomic E-state index is 12.2. The van der Waals surface area contributed by atoms with Crippen LogP contribution in [-0.2, 0) is 14.3 Å². The summed E-state index contributed by atoms with van der Waals surface area (Å²) in [7, 11) is 0. The van der Waals surface area contributed by atoms with Gasteiger partial charge < -0.3 is 10.1 Å². The van der Waals surface area contributed by atoms with E-state index >= 15 is 0 Å². The van der Waals surface area contributed by atoms with Gasteiger partial charge in [0.2, 0.25) is 0 Å². The van der Waals surface area contributed by atoms with Crippen molar-refractivity contribution in [1.29, 1.82) is 0 Å². The molecule has 3 rings (SSSR count). The monoisotopic (exact) mass is 478 g/mol. The van der Waals surface area contributed by atoms with E-state index in [1.807, 2.05) is 19.1 Å². The van der Waals surface area contributed by atoms with Crippen LogP contribution in [0.25, 0.3) is 0 Å². The van der Waals surface area contributed by atoms with Crippen molar-refractivity contribution >= 4 is 52.0 Å². The van der Waals surface area contributed by atoms with E-state index in [0.29, 0.717) is 5.69 Å². The number of benzene rings is 2. The Labute approximate surface area is 168 Å². The fourth-order valence-electron chi connectivity index (χ4n) is 2.66. The van der Waals surface area contributed by atoms with Crippen molar-refractivity contribution in [3.8, 4) is 0 Å². The molecule has 0 atom stereocenters. The molecule has 0 unspecified atom stereocenters. The number of carbonyl (C=O) groups is 4. The average Bonchev–Trinajstić information content (AvgIpc) is 2.88. The number of hydrogen-bond acceptors (Lipinski definition) is 5. The smallest absolute Gasteiger partial charge is 0.326 e. The van der Waals surface area contributed by atoms with Crippen LogP contribution < -0.4 is 5.32 Å². The van der Waals surface area contributed by atoms with Gasteiger partial charge in [-0.25, -0.2) is 0 Å². The summed E-state index contributed by atoms with van der Waals surface area (Å²) in [6, 6.07) is 11.8. The van der Waals surface area contributed by atoms with Gasteiger partial charge in [-0.1, -0.05) is 12.1 Å². The van der Waals surface area contributed by atoms with E-state index in [0.717, 1.165) is 14.0 Å². The number of nitrogens with zero attached hydrogens (tertiary/aromatic N) is 1. The molecule has 1 N–H and O–H groups in total. The zero-order valence-corrected chi connectivity index (χ0v) is 16.5. The van der Waals surface area contributed by atoms with Crippen molar-refractivity contribution in [3.63, 3.8) is 0 Å². The van der Waals surface area contributed by atoms with Crippen LogP contribution in [0.15, 0.2) is 42.5 Å². The highest BCUT2D eigenvalue weighted by molar-refractivity contribution is 14.1. The van der Waals surface area contributed by atoms with E-state index in [9.17, 15) is 19.2 Å². The molecule has 0 aliphatic carbocycles. The Bertz CT molecular complexity index is 922. The predicted octanol–water partition coefficient (Wildman–Crippen LogP) is 2.38. The molecule has 7 nitrogen and oxygen atoms in total. The van der Waals surface area contributed by atoms with Crippen LogP contribution in [0.3, 0.4) is 0 Å². The third-order valence-electron chi connectivity index (χ3n) is 3.99. The number of esters is 1. The molecule has 2 aromatic rings. The lowest BCUT2D eigenvalue weighted by Crippen LogP contribution is -2.36. The van der Waals surface area contributed by atoms with Gasteiger partial charge in [0, 0.05) is 9.26 Å². The summed E-state index contributed by atoms with van der Waals surface area (Å²) in [5.41, 5.74) is 2.01. The largest absolute Gasteiger partial charge is 0.454 e. The first-order valence-electron chi connectivity index (χ1n) is 8.03. The third kappa shape index (κ3) is 4.16. The zero-order valence-electron chi connectivity index (χ0n) is 14.3. The normalized spacial score (nSPS) is 12.7. The number of aryl methyl sites for hydroxylation is 1. The number of ether oxygens (including phenoxy) is 1. The summed E-state index contributed by atoms with van der Waals surface area (Å²) >= 11 is 2.17. The van der Waals surface area contributed by atoms with Gasteiger partial charge in [-0.05, 0) is 65.4 Å². The van der Waals surface area contributed by atoms with Gasteiger partial charge in [-0.15, -0.1) is 0 Å². The van der Waals surface area contributed by atoms with Gasteiger partial charge in [0.05, 0.1) is 11.1 Å². The fraction of sp³-hybridized carbons (Fsp3) is 0.158. The third-order valence-corrected chi connectivity index (χ3v) is 4.66. The second-order valence-corrected chi connectivity index (χ2v) is 7.16. The molecule has 1 heterocycles. The van der Waals surface area contributed by atoms with Gasteiger partial charge in [0.15, 0.2) is 6.61 Å². The molecule has 1 aliphatic heterocycles. The Morgan fingerprint density at radius 1 is 1.07 bits per heavy atom. The molecule has 1 aliphatic rings. The van der Waals surface area contributed by atoms with Crippen LogP contribution in [-0.4, -0.2) is 41.7 Å². The van der Waals surface area contributed by atoms with E-state index < -0.39 is 36.8 Å². The number of imide groups is 1. The summed E-state index contributed by atoms with van der Waals surface area (Å²) < 4.78 is 5.94. The molecule has 2 aromatic carbocycles. The highest BCUT2D eigenvalue weighted by Crippen LogP contribution is 2.22. The van der Waals surface area contributed by atoms with Crippen LogP contribution in [0.1, 0.15) is 26.3 Å². The lowest BCUT2D eigenvalue weighted by molar-refractivity contribution is -0.147. The maximum absolute atomic E-state index is 12.2. The summed E-state index contributed by atoms with van der Waals surface area (Å²) in [6.45, 7) is 0.807. The summed E-state index contributed by atoms with van der Waals surface area (Å²) in [4.78, 5) is 49.1. The van der Waals surface area contributed by atoms with Crippen LogP contribution in [0.4, 0.5) is 5.69 Å². The van der Waals surface area contributed by atoms with Gasteiger partial charge in [0.25, 0.3) is 17.7 Å². The molecule has 0 saturated heterocycles. The first kappa shape index (κ1) is 19.0.